The van der Waals surface area contributed by atoms with Gasteiger partial charge in [0.15, 0.2) is 0 Å². The molecule has 0 aliphatic rings. The molecule has 0 saturated heterocycles. The molecule has 5 heteroatoms. The molecule has 1 aromatic heterocycles. The lowest BCUT2D eigenvalue weighted by Gasteiger charge is -2.09. The minimum atomic E-state index is 0.483. The van der Waals surface area contributed by atoms with Crippen LogP contribution in [-0.4, -0.2) is 18.7 Å². The van der Waals surface area contributed by atoms with Crippen LogP contribution in [0.15, 0.2) is 40.9 Å². The van der Waals surface area contributed by atoms with Gasteiger partial charge in [-0.05, 0) is 41.1 Å². The van der Waals surface area contributed by atoms with Gasteiger partial charge in [0.05, 0.1) is 18.2 Å². The Bertz CT molecular complexity index is 560. The molecule has 0 fully saturated rings. The lowest BCUT2D eigenvalue weighted by molar-refractivity contribution is 0.321. The van der Waals surface area contributed by atoms with Gasteiger partial charge in [0, 0.05) is 12.1 Å². The molecule has 0 spiro atoms. The Kier molecular flexibility index (Phi) is 4.63. The van der Waals surface area contributed by atoms with Gasteiger partial charge in [-0.3, -0.25) is 0 Å². The third kappa shape index (κ3) is 3.61. The summed E-state index contributed by atoms with van der Waals surface area (Å²) >= 11 is 3.43. The van der Waals surface area contributed by atoms with Crippen molar-refractivity contribution in [3.63, 3.8) is 0 Å². The van der Waals surface area contributed by atoms with E-state index in [9.17, 15) is 0 Å². The maximum Gasteiger partial charge on any atom is 0.222 e. The number of hydrogen-bond acceptors (Lipinski definition) is 4. The van der Waals surface area contributed by atoms with Gasteiger partial charge in [0.1, 0.15) is 11.5 Å². The van der Waals surface area contributed by atoms with E-state index in [4.69, 9.17) is 14.2 Å². The first-order chi connectivity index (χ1) is 9.22. The topological polar surface area (TPSA) is 40.6 Å². The number of pyridine rings is 1. The molecule has 0 aliphatic heterocycles. The van der Waals surface area contributed by atoms with Crippen molar-refractivity contribution in [2.75, 3.05) is 13.7 Å². The third-order valence-electron chi connectivity index (χ3n) is 2.34. The minimum Gasteiger partial charge on any atom is -0.497 e. The summed E-state index contributed by atoms with van der Waals surface area (Å²) in [6.45, 7) is 2.48. The van der Waals surface area contributed by atoms with Crippen molar-refractivity contribution in [2.45, 2.75) is 6.92 Å². The van der Waals surface area contributed by atoms with Crippen molar-refractivity contribution in [1.82, 2.24) is 4.98 Å². The van der Waals surface area contributed by atoms with Crippen LogP contribution < -0.4 is 14.2 Å². The van der Waals surface area contributed by atoms with Crippen LogP contribution in [0, 0.1) is 0 Å². The standard InChI is InChI=1S/C14H14BrNO3/c1-3-18-13-5-4-6-14(16-13)19-12-8-7-10(17-2)9-11(12)15/h4-9H,3H2,1-2H3. The summed E-state index contributed by atoms with van der Waals surface area (Å²) in [6, 6.07) is 10.9. The maximum atomic E-state index is 5.70. The van der Waals surface area contributed by atoms with E-state index in [0.29, 0.717) is 24.1 Å². The van der Waals surface area contributed by atoms with E-state index in [1.54, 1.807) is 19.2 Å². The normalized spacial score (nSPS) is 10.1. The van der Waals surface area contributed by atoms with E-state index in [1.165, 1.54) is 0 Å². The Hall–Kier alpha value is -1.75. The Morgan fingerprint density at radius 3 is 2.63 bits per heavy atom. The van der Waals surface area contributed by atoms with E-state index in [0.717, 1.165) is 10.2 Å². The third-order valence-corrected chi connectivity index (χ3v) is 2.96. The predicted molar refractivity (Wildman–Crippen MR) is 76.2 cm³/mol. The fourth-order valence-electron chi connectivity index (χ4n) is 1.48. The van der Waals surface area contributed by atoms with Crippen LogP contribution in [-0.2, 0) is 0 Å². The van der Waals surface area contributed by atoms with Crippen LogP contribution in [0.2, 0.25) is 0 Å². The molecule has 1 heterocycles. The van der Waals surface area contributed by atoms with Crippen LogP contribution in [0.3, 0.4) is 0 Å². The summed E-state index contributed by atoms with van der Waals surface area (Å²) in [5.74, 6) is 2.46. The maximum absolute atomic E-state index is 5.70. The highest BCUT2D eigenvalue weighted by Gasteiger charge is 2.06. The van der Waals surface area contributed by atoms with Gasteiger partial charge in [0.2, 0.25) is 11.8 Å². The number of hydrogen-bond donors (Lipinski definition) is 0. The van der Waals surface area contributed by atoms with Crippen LogP contribution in [0.4, 0.5) is 0 Å². The van der Waals surface area contributed by atoms with Crippen LogP contribution in [0.5, 0.6) is 23.3 Å². The number of rotatable bonds is 5. The zero-order chi connectivity index (χ0) is 13.7. The first-order valence-electron chi connectivity index (χ1n) is 5.84. The Balaban J connectivity index is 2.18. The van der Waals surface area contributed by atoms with Crippen molar-refractivity contribution in [3.05, 3.63) is 40.9 Å². The molecule has 0 N–H and O–H groups in total. The van der Waals surface area contributed by atoms with Crippen molar-refractivity contribution >= 4 is 15.9 Å². The monoisotopic (exact) mass is 323 g/mol. The van der Waals surface area contributed by atoms with Crippen LogP contribution in [0.25, 0.3) is 0 Å². The molecule has 19 heavy (non-hydrogen) atoms. The molecule has 4 nitrogen and oxygen atoms in total. The number of methoxy groups -OCH3 is 1. The highest BCUT2D eigenvalue weighted by molar-refractivity contribution is 9.10. The second-order valence-electron chi connectivity index (χ2n) is 3.65. The molecule has 0 radical (unpaired) electrons. The van der Waals surface area contributed by atoms with Gasteiger partial charge in [-0.25, -0.2) is 0 Å². The Morgan fingerprint density at radius 1 is 1.16 bits per heavy atom. The number of aromatic nitrogens is 1. The number of halogens is 1. The number of nitrogens with zero attached hydrogens (tertiary/aromatic N) is 1. The van der Waals surface area contributed by atoms with Crippen molar-refractivity contribution in [1.29, 1.82) is 0 Å². The summed E-state index contributed by atoms with van der Waals surface area (Å²) in [5, 5.41) is 0. The number of benzene rings is 1. The summed E-state index contributed by atoms with van der Waals surface area (Å²) < 4.78 is 17.0. The highest BCUT2D eigenvalue weighted by atomic mass is 79.9. The molecular formula is C14H14BrNO3. The van der Waals surface area contributed by atoms with Gasteiger partial charge in [0.25, 0.3) is 0 Å². The van der Waals surface area contributed by atoms with E-state index in [1.807, 2.05) is 31.2 Å². The van der Waals surface area contributed by atoms with Crippen molar-refractivity contribution < 1.29 is 14.2 Å². The smallest absolute Gasteiger partial charge is 0.222 e. The lowest BCUT2D eigenvalue weighted by Crippen LogP contribution is -1.96. The molecule has 0 atom stereocenters. The molecule has 0 bridgehead atoms. The summed E-state index contributed by atoms with van der Waals surface area (Å²) in [5.41, 5.74) is 0. The van der Waals surface area contributed by atoms with Crippen LogP contribution in [0.1, 0.15) is 6.92 Å². The largest absolute Gasteiger partial charge is 0.497 e. The van der Waals surface area contributed by atoms with Crippen molar-refractivity contribution in [3.8, 4) is 23.3 Å². The molecule has 0 saturated carbocycles. The van der Waals surface area contributed by atoms with E-state index >= 15 is 0 Å². The fraction of sp³-hybridized carbons (Fsp3) is 0.214. The summed E-state index contributed by atoms with van der Waals surface area (Å²) in [6.07, 6.45) is 0. The summed E-state index contributed by atoms with van der Waals surface area (Å²) in [7, 11) is 1.62. The highest BCUT2D eigenvalue weighted by Crippen LogP contribution is 2.32. The molecule has 2 rings (SSSR count). The molecule has 0 amide bonds. The lowest BCUT2D eigenvalue weighted by atomic mass is 10.3. The first-order valence-corrected chi connectivity index (χ1v) is 6.63. The van der Waals surface area contributed by atoms with Gasteiger partial charge >= 0.3 is 0 Å². The molecule has 2 aromatic rings. The Morgan fingerprint density at radius 2 is 1.95 bits per heavy atom. The molecular weight excluding hydrogens is 310 g/mol. The number of ether oxygens (including phenoxy) is 3. The van der Waals surface area contributed by atoms with Gasteiger partial charge in [-0.15, -0.1) is 0 Å². The first kappa shape index (κ1) is 13.7. The fourth-order valence-corrected chi connectivity index (χ4v) is 1.92. The zero-order valence-electron chi connectivity index (χ0n) is 10.7. The van der Waals surface area contributed by atoms with Crippen molar-refractivity contribution in [2.24, 2.45) is 0 Å². The molecule has 0 unspecified atom stereocenters. The zero-order valence-corrected chi connectivity index (χ0v) is 12.3. The van der Waals surface area contributed by atoms with E-state index in [-0.39, 0.29) is 0 Å². The second kappa shape index (κ2) is 6.43. The quantitative estimate of drug-likeness (QED) is 0.832. The predicted octanol–water partition coefficient (Wildman–Crippen LogP) is 4.04. The summed E-state index contributed by atoms with van der Waals surface area (Å²) in [4.78, 5) is 4.24. The average molecular weight is 324 g/mol. The van der Waals surface area contributed by atoms with Gasteiger partial charge in [-0.1, -0.05) is 6.07 Å². The second-order valence-corrected chi connectivity index (χ2v) is 4.50. The SMILES string of the molecule is CCOc1cccc(Oc2ccc(OC)cc2Br)n1. The van der Waals surface area contributed by atoms with E-state index < -0.39 is 0 Å². The van der Waals surface area contributed by atoms with Gasteiger partial charge in [-0.2, -0.15) is 4.98 Å². The van der Waals surface area contributed by atoms with E-state index in [2.05, 4.69) is 20.9 Å². The molecule has 100 valence electrons. The average Bonchev–Trinajstić information content (AvgIpc) is 2.42. The van der Waals surface area contributed by atoms with Crippen LogP contribution >= 0.6 is 15.9 Å². The minimum absolute atomic E-state index is 0.483. The van der Waals surface area contributed by atoms with Gasteiger partial charge < -0.3 is 14.2 Å². The molecule has 1 aromatic carbocycles. The molecule has 0 aliphatic carbocycles. The Labute approximate surface area is 120 Å².